The van der Waals surface area contributed by atoms with Crippen molar-refractivity contribution in [3.8, 4) is 0 Å². The maximum atomic E-state index is 13.3. The van der Waals surface area contributed by atoms with Crippen molar-refractivity contribution >= 4 is 33.7 Å². The third kappa shape index (κ3) is 6.50. The monoisotopic (exact) mass is 469 g/mol. The predicted octanol–water partition coefficient (Wildman–Crippen LogP) is 4.30. The minimum absolute atomic E-state index is 0.0163. The van der Waals surface area contributed by atoms with E-state index >= 15 is 0 Å². The summed E-state index contributed by atoms with van der Waals surface area (Å²) in [4.78, 5) is 12.7. The van der Waals surface area contributed by atoms with Crippen LogP contribution >= 0.6 is 11.6 Å². The fourth-order valence-corrected chi connectivity index (χ4v) is 4.51. The number of carbonyl (C=O) groups is 1. The van der Waals surface area contributed by atoms with Gasteiger partial charge in [-0.2, -0.15) is 9.41 Å². The van der Waals surface area contributed by atoms with Crippen molar-refractivity contribution in [2.75, 3.05) is 6.54 Å². The Morgan fingerprint density at radius 3 is 2.34 bits per heavy atom. The lowest BCUT2D eigenvalue weighted by atomic mass is 10.2. The molecule has 1 amide bonds. The highest BCUT2D eigenvalue weighted by atomic mass is 35.5. The van der Waals surface area contributed by atoms with Crippen LogP contribution in [0, 0.1) is 13.8 Å². The lowest BCUT2D eigenvalue weighted by molar-refractivity contribution is -0.121. The summed E-state index contributed by atoms with van der Waals surface area (Å²) in [7, 11) is -3.92. The second-order valence-electron chi connectivity index (χ2n) is 7.42. The van der Waals surface area contributed by atoms with Gasteiger partial charge in [-0.25, -0.2) is 13.8 Å². The van der Waals surface area contributed by atoms with E-state index in [1.165, 1.54) is 18.3 Å². The van der Waals surface area contributed by atoms with Crippen LogP contribution in [0.4, 0.5) is 0 Å². The first-order chi connectivity index (χ1) is 15.2. The quantitative estimate of drug-likeness (QED) is 0.394. The normalized spacial score (nSPS) is 11.8. The molecule has 166 valence electrons. The van der Waals surface area contributed by atoms with E-state index in [0.29, 0.717) is 10.6 Å². The summed E-state index contributed by atoms with van der Waals surface area (Å²) in [6, 6.07) is 21.0. The summed E-state index contributed by atoms with van der Waals surface area (Å²) in [6.45, 7) is 3.47. The first-order valence-corrected chi connectivity index (χ1v) is 11.8. The van der Waals surface area contributed by atoms with Crippen LogP contribution in [-0.4, -0.2) is 31.4 Å². The summed E-state index contributed by atoms with van der Waals surface area (Å²) in [6.07, 6.45) is 1.52. The van der Waals surface area contributed by atoms with Gasteiger partial charge >= 0.3 is 0 Å². The van der Waals surface area contributed by atoms with E-state index in [2.05, 4.69) is 10.5 Å². The first-order valence-electron chi connectivity index (χ1n) is 9.94. The summed E-state index contributed by atoms with van der Waals surface area (Å²) >= 11 is 5.94. The number of benzene rings is 3. The van der Waals surface area contributed by atoms with Gasteiger partial charge in [-0.15, -0.1) is 0 Å². The maximum Gasteiger partial charge on any atom is 0.255 e. The van der Waals surface area contributed by atoms with Crippen molar-refractivity contribution < 1.29 is 13.2 Å². The molecule has 3 aromatic carbocycles. The molecule has 0 bridgehead atoms. The van der Waals surface area contributed by atoms with Gasteiger partial charge in [0.2, 0.25) is 10.0 Å². The molecule has 6 nitrogen and oxygen atoms in total. The Balaban J connectivity index is 1.79. The van der Waals surface area contributed by atoms with Gasteiger partial charge in [-0.05, 0) is 49.2 Å². The standard InChI is InChI=1S/C24H24ClN3O3S/c1-18-6-12-23(13-7-18)32(30,31)28(16-20-8-10-22(25)11-9-20)17-24(29)27-26-15-21-5-3-4-19(2)14-21/h3-15H,16-17H2,1-2H3,(H,27,29). The van der Waals surface area contributed by atoms with Crippen molar-refractivity contribution in [3.63, 3.8) is 0 Å². The third-order valence-corrected chi connectivity index (χ3v) is 6.75. The van der Waals surface area contributed by atoms with Crippen LogP contribution in [0.1, 0.15) is 22.3 Å². The molecule has 0 aromatic heterocycles. The highest BCUT2D eigenvalue weighted by molar-refractivity contribution is 7.89. The van der Waals surface area contributed by atoms with Crippen LogP contribution in [0.25, 0.3) is 0 Å². The number of hydrazone groups is 1. The summed E-state index contributed by atoms with van der Waals surface area (Å²) in [5.74, 6) is -0.543. The second-order valence-corrected chi connectivity index (χ2v) is 9.79. The number of hydrogen-bond donors (Lipinski definition) is 1. The average Bonchev–Trinajstić information content (AvgIpc) is 2.75. The molecule has 0 fully saturated rings. The van der Waals surface area contributed by atoms with Gasteiger partial charge in [0.05, 0.1) is 17.7 Å². The van der Waals surface area contributed by atoms with Gasteiger partial charge in [-0.1, -0.05) is 71.3 Å². The van der Waals surface area contributed by atoms with E-state index < -0.39 is 15.9 Å². The third-order valence-electron chi connectivity index (χ3n) is 4.70. The molecule has 1 N–H and O–H groups in total. The molecule has 32 heavy (non-hydrogen) atoms. The van der Waals surface area contributed by atoms with Crippen molar-refractivity contribution in [2.24, 2.45) is 5.10 Å². The van der Waals surface area contributed by atoms with E-state index in [4.69, 9.17) is 11.6 Å². The van der Waals surface area contributed by atoms with Crippen molar-refractivity contribution in [1.82, 2.24) is 9.73 Å². The Labute approximate surface area is 193 Å². The molecule has 0 heterocycles. The Bertz CT molecular complexity index is 1210. The molecule has 0 saturated carbocycles. The Hall–Kier alpha value is -3.00. The molecule has 0 unspecified atom stereocenters. The van der Waals surface area contributed by atoms with Crippen molar-refractivity contribution in [1.29, 1.82) is 0 Å². The number of amides is 1. The lowest BCUT2D eigenvalue weighted by Gasteiger charge is -2.21. The Morgan fingerprint density at radius 1 is 1.00 bits per heavy atom. The number of aryl methyl sites for hydroxylation is 2. The van der Waals surface area contributed by atoms with Gasteiger partial charge in [0.1, 0.15) is 0 Å². The minimum atomic E-state index is -3.92. The van der Waals surface area contributed by atoms with Crippen molar-refractivity contribution in [2.45, 2.75) is 25.3 Å². The number of rotatable bonds is 8. The van der Waals surface area contributed by atoms with E-state index in [-0.39, 0.29) is 18.0 Å². The van der Waals surface area contributed by atoms with Crippen LogP contribution in [0.15, 0.2) is 82.8 Å². The van der Waals surface area contributed by atoms with Gasteiger partial charge in [0, 0.05) is 11.6 Å². The lowest BCUT2D eigenvalue weighted by Crippen LogP contribution is -2.39. The molecule has 0 saturated heterocycles. The van der Waals surface area contributed by atoms with Crippen LogP contribution in [0.3, 0.4) is 0 Å². The molecule has 0 aliphatic carbocycles. The van der Waals surface area contributed by atoms with E-state index in [0.717, 1.165) is 21.0 Å². The van der Waals surface area contributed by atoms with Gasteiger partial charge in [-0.3, -0.25) is 4.79 Å². The number of nitrogens with one attached hydrogen (secondary N) is 1. The van der Waals surface area contributed by atoms with Crippen molar-refractivity contribution in [3.05, 3.63) is 100 Å². The zero-order valence-corrected chi connectivity index (χ0v) is 19.4. The minimum Gasteiger partial charge on any atom is -0.272 e. The number of carbonyl (C=O) groups excluding carboxylic acids is 1. The molecule has 8 heteroatoms. The Morgan fingerprint density at radius 2 is 1.69 bits per heavy atom. The molecule has 0 spiro atoms. The fraction of sp³-hybridized carbons (Fsp3) is 0.167. The van der Waals surface area contributed by atoms with E-state index in [1.54, 1.807) is 36.4 Å². The molecule has 0 aliphatic rings. The summed E-state index contributed by atoms with van der Waals surface area (Å²) in [5.41, 5.74) is 5.96. The number of sulfonamides is 1. The van der Waals surface area contributed by atoms with Gasteiger partial charge < -0.3 is 0 Å². The SMILES string of the molecule is Cc1ccc(S(=O)(=O)N(CC(=O)NN=Cc2cccc(C)c2)Cc2ccc(Cl)cc2)cc1. The van der Waals surface area contributed by atoms with Crippen LogP contribution in [-0.2, 0) is 21.4 Å². The molecule has 3 aromatic rings. The summed E-state index contributed by atoms with van der Waals surface area (Å²) in [5, 5.41) is 4.50. The smallest absolute Gasteiger partial charge is 0.255 e. The molecule has 0 atom stereocenters. The zero-order valence-electron chi connectivity index (χ0n) is 17.8. The highest BCUT2D eigenvalue weighted by Gasteiger charge is 2.27. The molecular weight excluding hydrogens is 446 g/mol. The van der Waals surface area contributed by atoms with Crippen LogP contribution in [0.2, 0.25) is 5.02 Å². The highest BCUT2D eigenvalue weighted by Crippen LogP contribution is 2.20. The van der Waals surface area contributed by atoms with Crippen LogP contribution in [0.5, 0.6) is 0 Å². The predicted molar refractivity (Wildman–Crippen MR) is 127 cm³/mol. The van der Waals surface area contributed by atoms with E-state index in [9.17, 15) is 13.2 Å². The maximum absolute atomic E-state index is 13.3. The van der Waals surface area contributed by atoms with E-state index in [1.807, 2.05) is 38.1 Å². The molecular formula is C24H24ClN3O3S. The Kier molecular flexibility index (Phi) is 7.80. The number of halogens is 1. The topological polar surface area (TPSA) is 78.8 Å². The zero-order chi connectivity index (χ0) is 23.1. The van der Waals surface area contributed by atoms with Crippen LogP contribution < -0.4 is 5.43 Å². The molecule has 0 aliphatic heterocycles. The largest absolute Gasteiger partial charge is 0.272 e. The van der Waals surface area contributed by atoms with Gasteiger partial charge in [0.15, 0.2) is 0 Å². The summed E-state index contributed by atoms with van der Waals surface area (Å²) < 4.78 is 27.7. The average molecular weight is 470 g/mol. The first kappa shape index (κ1) is 23.7. The number of nitrogens with zero attached hydrogens (tertiary/aromatic N) is 2. The number of hydrogen-bond acceptors (Lipinski definition) is 4. The molecule has 3 rings (SSSR count). The second kappa shape index (κ2) is 10.5. The molecule has 0 radical (unpaired) electrons. The fourth-order valence-electron chi connectivity index (χ4n) is 3.00. The van der Waals surface area contributed by atoms with Gasteiger partial charge in [0.25, 0.3) is 5.91 Å².